The molecule has 152 valence electrons. The van der Waals surface area contributed by atoms with Gasteiger partial charge in [0.25, 0.3) is 11.9 Å². The Morgan fingerprint density at radius 2 is 1.52 bits per heavy atom. The van der Waals surface area contributed by atoms with Crippen LogP contribution in [-0.2, 0) is 9.22 Å². The summed E-state index contributed by atoms with van der Waals surface area (Å²) in [5, 5.41) is 2.87. The highest BCUT2D eigenvalue weighted by Crippen LogP contribution is 2.38. The Morgan fingerprint density at radius 1 is 0.926 bits per heavy atom. The average molecular weight is 398 g/mol. The van der Waals surface area contributed by atoms with E-state index in [1.54, 1.807) is 12.1 Å². The third-order valence-corrected chi connectivity index (χ3v) is 4.53. The second kappa shape index (κ2) is 10.8. The fraction of sp³-hybridized carbons (Fsp3) is 0.579. The maximum absolute atomic E-state index is 12.3. The van der Waals surface area contributed by atoms with Crippen molar-refractivity contribution in [3.63, 3.8) is 0 Å². The molecule has 0 unspecified atom stereocenters. The minimum Gasteiger partial charge on any atom is -0.520 e. The molecule has 0 saturated carbocycles. The molecule has 27 heavy (non-hydrogen) atoms. The first-order valence-corrected chi connectivity index (χ1v) is 12.4. The second-order valence-electron chi connectivity index (χ2n) is 7.07. The van der Waals surface area contributed by atoms with Gasteiger partial charge in [0.15, 0.2) is 11.5 Å². The topological polar surface area (TPSA) is 83.1 Å². The van der Waals surface area contributed by atoms with Crippen molar-refractivity contribution >= 4 is 20.2 Å². The van der Waals surface area contributed by atoms with E-state index in [2.05, 4.69) is 5.32 Å². The molecule has 1 rings (SSSR count). The number of hydrogen-bond donors (Lipinski definition) is 1. The number of unbranched alkanes of at least 4 members (excludes halogenated alkanes) is 2. The molecule has 0 aromatic heterocycles. The zero-order valence-corrected chi connectivity index (χ0v) is 18.1. The summed E-state index contributed by atoms with van der Waals surface area (Å²) in [6.07, 6.45) is 2.81. The minimum atomic E-state index is -1.81. The van der Waals surface area contributed by atoms with Crippen molar-refractivity contribution in [1.29, 1.82) is 0 Å². The molecule has 0 radical (unpaired) electrons. The number of benzene rings is 1. The molecular weight excluding hydrogens is 366 g/mol. The zero-order chi connectivity index (χ0) is 20.4. The Bertz CT molecular complexity index is 617. The van der Waals surface area contributed by atoms with Gasteiger partial charge in [-0.1, -0.05) is 6.42 Å². The number of ether oxygens (including phenoxy) is 3. The number of carbonyl (C=O) groups excluding carboxylic acids is 2. The summed E-state index contributed by atoms with van der Waals surface area (Å²) in [5.41, 5.74) is 0.434. The Hall–Kier alpha value is -2.22. The molecule has 0 saturated heterocycles. The summed E-state index contributed by atoms with van der Waals surface area (Å²) in [7, 11) is 2.72. The Kier molecular flexibility index (Phi) is 9.14. The van der Waals surface area contributed by atoms with Crippen molar-refractivity contribution in [3.8, 4) is 17.2 Å². The highest BCUT2D eigenvalue weighted by Gasteiger charge is 2.19. The fourth-order valence-corrected chi connectivity index (χ4v) is 3.26. The second-order valence-corrected chi connectivity index (χ2v) is 11.5. The molecule has 0 bridgehead atoms. The number of nitrogens with one attached hydrogen (secondary N) is 1. The van der Waals surface area contributed by atoms with Crippen LogP contribution in [0, 0.1) is 0 Å². The molecule has 0 fully saturated rings. The van der Waals surface area contributed by atoms with Crippen molar-refractivity contribution in [2.24, 2.45) is 0 Å². The van der Waals surface area contributed by atoms with Crippen LogP contribution < -0.4 is 19.5 Å². The van der Waals surface area contributed by atoms with Gasteiger partial charge in [0.05, 0.1) is 21.3 Å². The van der Waals surface area contributed by atoms with Crippen LogP contribution in [0.4, 0.5) is 0 Å². The number of amides is 1. The summed E-state index contributed by atoms with van der Waals surface area (Å²) in [4.78, 5) is 24.0. The van der Waals surface area contributed by atoms with E-state index in [4.69, 9.17) is 18.6 Å². The smallest absolute Gasteiger partial charge is 0.292 e. The van der Waals surface area contributed by atoms with Gasteiger partial charge in [0, 0.05) is 18.5 Å². The van der Waals surface area contributed by atoms with Crippen molar-refractivity contribution in [3.05, 3.63) is 17.7 Å². The summed E-state index contributed by atoms with van der Waals surface area (Å²) in [6, 6.07) is 3.23. The van der Waals surface area contributed by atoms with E-state index < -0.39 is 8.32 Å². The lowest BCUT2D eigenvalue weighted by Crippen LogP contribution is -2.29. The summed E-state index contributed by atoms with van der Waals surface area (Å²) >= 11 is 0. The van der Waals surface area contributed by atoms with Gasteiger partial charge >= 0.3 is 0 Å². The number of methoxy groups -OCH3 is 3. The predicted molar refractivity (Wildman–Crippen MR) is 106 cm³/mol. The van der Waals surface area contributed by atoms with Gasteiger partial charge in [-0.2, -0.15) is 0 Å². The van der Waals surface area contributed by atoms with Crippen molar-refractivity contribution < 1.29 is 28.2 Å². The monoisotopic (exact) mass is 397 g/mol. The van der Waals surface area contributed by atoms with Crippen LogP contribution in [0.25, 0.3) is 0 Å². The third kappa shape index (κ3) is 7.90. The van der Waals surface area contributed by atoms with E-state index in [0.29, 0.717) is 35.8 Å². The standard InChI is InChI=1S/C19H31NO6Si/c1-23-15-12-14(13-16(24-2)18(15)25-3)19(22)20-11-9-7-8-10-17(21)26-27(4,5)6/h12-13H,7-11H2,1-6H3,(H,20,22). The van der Waals surface area contributed by atoms with E-state index in [9.17, 15) is 9.59 Å². The Labute approximate surface area is 162 Å². The van der Waals surface area contributed by atoms with Crippen molar-refractivity contribution in [2.75, 3.05) is 27.9 Å². The minimum absolute atomic E-state index is 0.129. The van der Waals surface area contributed by atoms with Crippen LogP contribution in [0.15, 0.2) is 12.1 Å². The van der Waals surface area contributed by atoms with Crippen LogP contribution in [0.1, 0.15) is 36.0 Å². The van der Waals surface area contributed by atoms with E-state index in [1.807, 2.05) is 19.6 Å². The van der Waals surface area contributed by atoms with Crippen LogP contribution in [-0.4, -0.2) is 48.1 Å². The van der Waals surface area contributed by atoms with Gasteiger partial charge < -0.3 is 24.0 Å². The zero-order valence-electron chi connectivity index (χ0n) is 17.1. The first kappa shape index (κ1) is 22.8. The Morgan fingerprint density at radius 3 is 2.00 bits per heavy atom. The number of rotatable bonds is 11. The molecule has 1 amide bonds. The van der Waals surface area contributed by atoms with Gasteiger partial charge in [-0.25, -0.2) is 0 Å². The molecule has 0 aliphatic heterocycles. The van der Waals surface area contributed by atoms with Gasteiger partial charge in [-0.05, 0) is 44.6 Å². The average Bonchev–Trinajstić information content (AvgIpc) is 2.61. The van der Waals surface area contributed by atoms with Crippen molar-refractivity contribution in [1.82, 2.24) is 5.32 Å². The maximum atomic E-state index is 12.3. The van der Waals surface area contributed by atoms with Gasteiger partial charge in [0.1, 0.15) is 0 Å². The molecule has 7 nitrogen and oxygen atoms in total. The Balaban J connectivity index is 2.44. The quantitative estimate of drug-likeness (QED) is 0.455. The van der Waals surface area contributed by atoms with E-state index >= 15 is 0 Å². The van der Waals surface area contributed by atoms with Crippen LogP contribution in [0.5, 0.6) is 17.2 Å². The highest BCUT2D eigenvalue weighted by molar-refractivity contribution is 6.71. The van der Waals surface area contributed by atoms with Crippen LogP contribution in [0.2, 0.25) is 19.6 Å². The summed E-state index contributed by atoms with van der Waals surface area (Å²) in [6.45, 7) is 6.50. The molecule has 1 N–H and O–H groups in total. The molecule has 0 atom stereocenters. The van der Waals surface area contributed by atoms with Crippen molar-refractivity contribution in [2.45, 2.75) is 45.3 Å². The van der Waals surface area contributed by atoms with Gasteiger partial charge in [-0.3, -0.25) is 9.59 Å². The van der Waals surface area contributed by atoms with E-state index in [1.165, 1.54) is 21.3 Å². The van der Waals surface area contributed by atoms with Gasteiger partial charge in [-0.15, -0.1) is 0 Å². The van der Waals surface area contributed by atoms with Crippen LogP contribution >= 0.6 is 0 Å². The highest BCUT2D eigenvalue weighted by atomic mass is 28.4. The number of hydrogen-bond acceptors (Lipinski definition) is 6. The first-order chi connectivity index (χ1) is 12.7. The predicted octanol–water partition coefficient (Wildman–Crippen LogP) is 3.38. The lowest BCUT2D eigenvalue weighted by molar-refractivity contribution is -0.135. The largest absolute Gasteiger partial charge is 0.520 e. The molecular formula is C19H31NO6Si. The lowest BCUT2D eigenvalue weighted by atomic mass is 10.1. The SMILES string of the molecule is COc1cc(C(=O)NCCCCCC(=O)O[Si](C)(C)C)cc(OC)c1OC. The third-order valence-electron chi connectivity index (χ3n) is 3.69. The lowest BCUT2D eigenvalue weighted by Gasteiger charge is -2.17. The molecule has 1 aromatic rings. The summed E-state index contributed by atoms with van der Waals surface area (Å²) < 4.78 is 21.2. The first-order valence-electron chi connectivity index (χ1n) is 9.02. The molecule has 1 aromatic carbocycles. The normalized spacial score (nSPS) is 10.9. The molecule has 0 heterocycles. The maximum Gasteiger partial charge on any atom is 0.292 e. The van der Waals surface area contributed by atoms with Crippen LogP contribution in [0.3, 0.4) is 0 Å². The van der Waals surface area contributed by atoms with Gasteiger partial charge in [0.2, 0.25) is 14.1 Å². The molecule has 0 aliphatic carbocycles. The number of carbonyl (C=O) groups is 2. The summed E-state index contributed by atoms with van der Waals surface area (Å²) in [5.74, 6) is 0.968. The molecule has 0 aliphatic rings. The molecule has 0 spiro atoms. The van der Waals surface area contributed by atoms with E-state index in [0.717, 1.165) is 19.3 Å². The fourth-order valence-electron chi connectivity index (χ4n) is 2.48. The molecule has 8 heteroatoms. The van der Waals surface area contributed by atoms with E-state index in [-0.39, 0.29) is 11.9 Å².